The molecule has 0 aliphatic carbocycles. The van der Waals surface area contributed by atoms with Gasteiger partial charge in [-0.15, -0.1) is 32.8 Å². The van der Waals surface area contributed by atoms with Gasteiger partial charge in [0.1, 0.15) is 141 Å². The lowest BCUT2D eigenvalue weighted by Gasteiger charge is -2.52. The number of benzene rings is 8. The zero-order valence-corrected chi connectivity index (χ0v) is 40.4. The summed E-state index contributed by atoms with van der Waals surface area (Å²) in [6.45, 7) is 6.47. The maximum absolute atomic E-state index is 7.23. The van der Waals surface area contributed by atoms with Crippen molar-refractivity contribution in [1.82, 2.24) is 0 Å². The summed E-state index contributed by atoms with van der Waals surface area (Å²) in [5.41, 5.74) is 7.70. The van der Waals surface area contributed by atoms with E-state index in [2.05, 4.69) is 57.2 Å². The quantitative estimate of drug-likeness (QED) is 0.163. The van der Waals surface area contributed by atoms with E-state index in [4.69, 9.17) is 141 Å². The molecule has 0 unspecified atom stereocenters. The van der Waals surface area contributed by atoms with Gasteiger partial charge in [0.15, 0.2) is 0 Å². The Hall–Kier alpha value is -5.47. The number of anilines is 6. The van der Waals surface area contributed by atoms with E-state index in [1.165, 1.54) is 0 Å². The minimum atomic E-state index is -1.08. The molecule has 0 saturated carbocycles. The maximum Gasteiger partial charge on any atom is 0.115 e. The first-order valence-electron chi connectivity index (χ1n) is 23.0. The molecule has 0 saturated heterocycles. The molecule has 1 spiro atoms. The molecule has 8 aromatic carbocycles. The standard InChI is InChI=1S/C53H24B18N2/c1-52(2,3)19-16-17-27-23(18-19)53(22-12-6-9-15-26(22)73(27)51-48(70)38(60)31(39(61)49(51)71)29-34(56)42(64)45(67)43(65)35(29)57)20-10-4-7-13-24(20)72(25-14-8-5-11-21(25)53)50-46(68)36(58)30(37(59)47(50)69)28-32(54)40(62)44(66)41(63)33(28)55/h4-18H,1-3H3. The van der Waals surface area contributed by atoms with Crippen molar-refractivity contribution in [3.05, 3.63) is 119 Å². The fourth-order valence-corrected chi connectivity index (χ4v) is 11.0. The van der Waals surface area contributed by atoms with Gasteiger partial charge in [-0.05, 0) is 79.8 Å². The molecule has 8 aromatic rings. The van der Waals surface area contributed by atoms with Crippen LogP contribution in [0.1, 0.15) is 48.6 Å². The van der Waals surface area contributed by atoms with Crippen molar-refractivity contribution in [2.75, 3.05) is 9.80 Å². The summed E-state index contributed by atoms with van der Waals surface area (Å²) < 4.78 is 0. The molecule has 0 atom stereocenters. The minimum absolute atomic E-state index is 0.00575. The van der Waals surface area contributed by atoms with Crippen molar-refractivity contribution in [3.63, 3.8) is 0 Å². The van der Waals surface area contributed by atoms with Crippen LogP contribution in [0, 0.1) is 0 Å². The third-order valence-electron chi connectivity index (χ3n) is 14.8. The molecule has 73 heavy (non-hydrogen) atoms. The topological polar surface area (TPSA) is 6.48 Å². The smallest absolute Gasteiger partial charge is 0.115 e. The van der Waals surface area contributed by atoms with Gasteiger partial charge in [0.2, 0.25) is 0 Å². The highest BCUT2D eigenvalue weighted by atomic mass is 15.2. The molecular formula is C53H24B18N2. The lowest BCUT2D eigenvalue weighted by Crippen LogP contribution is -2.57. The van der Waals surface area contributed by atoms with E-state index in [0.717, 1.165) is 27.8 Å². The predicted molar refractivity (Wildman–Crippen MR) is 328 cm³/mol. The first-order chi connectivity index (χ1) is 34.4. The SMILES string of the molecule is [B]c1c([B])c([B])c(-c2c([B])c([B])c(N3c4ccccc4C4(c5ccccc53)c3ccccc3N(c3c([B])c([B])c(-c5c([B])c([B])c([B])c([B])c5[B])c([B])c3[B])c3ccc(C(C)(C)C)cc34)c([B])c2[B])c([B])c1[B]. The second-order valence-corrected chi connectivity index (χ2v) is 19.6. The van der Waals surface area contributed by atoms with E-state index < -0.39 is 5.41 Å². The average Bonchev–Trinajstić information content (AvgIpc) is 3.38. The number of nitrogens with zero attached hydrogens (tertiary/aromatic N) is 2. The van der Waals surface area contributed by atoms with Gasteiger partial charge in [0.25, 0.3) is 0 Å². The average molecular weight is 883 g/mol. The van der Waals surface area contributed by atoms with Crippen molar-refractivity contribution in [3.8, 4) is 22.3 Å². The normalized spacial score (nSPS) is 13.4. The number of fused-ring (bicyclic) bond motifs is 8. The van der Waals surface area contributed by atoms with Crippen molar-refractivity contribution in [1.29, 1.82) is 0 Å². The van der Waals surface area contributed by atoms with Crippen LogP contribution in [0.2, 0.25) is 0 Å². The summed E-state index contributed by atoms with van der Waals surface area (Å²) in [6, 6.07) is 30.4. The molecule has 0 bridgehead atoms. The zero-order chi connectivity index (χ0) is 52.8. The van der Waals surface area contributed by atoms with Crippen LogP contribution >= 0.6 is 0 Å². The molecular weight excluding hydrogens is 859 g/mol. The Morgan fingerprint density at radius 1 is 0.288 bits per heavy atom. The Bertz CT molecular complexity index is 3530. The minimum Gasteiger partial charge on any atom is -0.311 e. The van der Waals surface area contributed by atoms with Crippen molar-refractivity contribution < 1.29 is 0 Å². The predicted octanol–water partition coefficient (Wildman–Crippen LogP) is -7.44. The molecule has 10 rings (SSSR count). The molecule has 2 aliphatic rings. The summed E-state index contributed by atoms with van der Waals surface area (Å²) in [4.78, 5) is 3.96. The van der Waals surface area contributed by atoms with Crippen LogP contribution in [-0.2, 0) is 10.8 Å². The summed E-state index contributed by atoms with van der Waals surface area (Å²) >= 11 is 0. The number of rotatable bonds is 4. The van der Waals surface area contributed by atoms with Crippen LogP contribution in [0.5, 0.6) is 0 Å². The molecule has 2 aliphatic heterocycles. The van der Waals surface area contributed by atoms with Gasteiger partial charge in [-0.1, -0.05) is 153 Å². The van der Waals surface area contributed by atoms with Gasteiger partial charge in [-0.25, -0.2) is 0 Å². The summed E-state index contributed by atoms with van der Waals surface area (Å²) in [6.07, 6.45) is 0. The Kier molecular flexibility index (Phi) is 12.5. The Balaban J connectivity index is 1.29. The van der Waals surface area contributed by atoms with E-state index in [9.17, 15) is 0 Å². The molecule has 2 nitrogen and oxygen atoms in total. The van der Waals surface area contributed by atoms with E-state index in [0.29, 0.717) is 34.1 Å². The highest BCUT2D eigenvalue weighted by Crippen LogP contribution is 2.63. The molecule has 0 aromatic heterocycles. The van der Waals surface area contributed by atoms with Crippen LogP contribution in [-0.4, -0.2) is 141 Å². The summed E-state index contributed by atoms with van der Waals surface area (Å²) in [5.74, 6) is 0. The molecule has 300 valence electrons. The lowest BCUT2D eigenvalue weighted by molar-refractivity contribution is 0.586. The van der Waals surface area contributed by atoms with Crippen molar-refractivity contribution in [2.45, 2.75) is 31.6 Å². The highest BCUT2D eigenvalue weighted by Gasteiger charge is 2.52. The van der Waals surface area contributed by atoms with E-state index >= 15 is 0 Å². The van der Waals surface area contributed by atoms with Crippen LogP contribution in [0.3, 0.4) is 0 Å². The molecule has 0 amide bonds. The third-order valence-corrected chi connectivity index (χ3v) is 14.8. The van der Waals surface area contributed by atoms with Gasteiger partial charge in [0.05, 0.1) is 28.2 Å². The van der Waals surface area contributed by atoms with Gasteiger partial charge in [-0.2, -0.15) is 0 Å². The zero-order valence-electron chi connectivity index (χ0n) is 40.4. The highest BCUT2D eigenvalue weighted by molar-refractivity contribution is 6.73. The summed E-state index contributed by atoms with van der Waals surface area (Å²) in [7, 11) is 121. The molecule has 0 fully saturated rings. The van der Waals surface area contributed by atoms with Crippen molar-refractivity contribution >= 4 is 274 Å². The second kappa shape index (κ2) is 17.8. The van der Waals surface area contributed by atoms with Gasteiger partial charge >= 0.3 is 0 Å². The largest absolute Gasteiger partial charge is 0.311 e. The van der Waals surface area contributed by atoms with Gasteiger partial charge < -0.3 is 9.80 Å². The van der Waals surface area contributed by atoms with Crippen LogP contribution in [0.25, 0.3) is 22.3 Å². The Morgan fingerprint density at radius 2 is 0.534 bits per heavy atom. The number of hydrogen-bond donors (Lipinski definition) is 0. The second-order valence-electron chi connectivity index (χ2n) is 19.6. The fourth-order valence-electron chi connectivity index (χ4n) is 11.0. The molecule has 2 heterocycles. The number of hydrogen-bond acceptors (Lipinski definition) is 2. The molecule has 36 radical (unpaired) electrons. The van der Waals surface area contributed by atoms with E-state index in [1.807, 2.05) is 64.4 Å². The van der Waals surface area contributed by atoms with Crippen LogP contribution in [0.15, 0.2) is 91.0 Å². The molecule has 0 N–H and O–H groups in total. The summed E-state index contributed by atoms with van der Waals surface area (Å²) in [5, 5.41) is 0. The monoisotopic (exact) mass is 886 g/mol. The third kappa shape index (κ3) is 7.03. The Morgan fingerprint density at radius 3 is 0.822 bits per heavy atom. The first-order valence-corrected chi connectivity index (χ1v) is 23.0. The van der Waals surface area contributed by atoms with E-state index in [1.54, 1.807) is 0 Å². The fraction of sp³-hybridized carbons (Fsp3) is 0.0943. The first kappa shape index (κ1) is 51.0. The van der Waals surface area contributed by atoms with E-state index in [-0.39, 0.29) is 126 Å². The van der Waals surface area contributed by atoms with Crippen molar-refractivity contribution in [2.24, 2.45) is 0 Å². The molecule has 20 heteroatoms. The lowest BCUT2D eigenvalue weighted by atomic mass is 9.56. The maximum atomic E-state index is 7.23. The van der Waals surface area contributed by atoms with Crippen LogP contribution < -0.4 is 108 Å². The van der Waals surface area contributed by atoms with Gasteiger partial charge in [-0.3, -0.25) is 0 Å². The number of para-hydroxylation sites is 3. The van der Waals surface area contributed by atoms with Crippen LogP contribution in [0.4, 0.5) is 34.1 Å². The van der Waals surface area contributed by atoms with Gasteiger partial charge in [0, 0.05) is 11.4 Å². The Labute approximate surface area is 453 Å².